The second kappa shape index (κ2) is 16.0. The number of allylic oxidation sites excluding steroid dienone is 8. The summed E-state index contributed by atoms with van der Waals surface area (Å²) in [6.07, 6.45) is 19.4. The van der Waals surface area contributed by atoms with E-state index in [4.69, 9.17) is 10.2 Å². The molecule has 0 radical (unpaired) electrons. The van der Waals surface area contributed by atoms with E-state index >= 15 is 0 Å². The average Bonchev–Trinajstić information content (AvgIpc) is 3.59. The Kier molecular flexibility index (Phi) is 16.0. The molecule has 4 aliphatic rings. The minimum atomic E-state index is -1.33. The van der Waals surface area contributed by atoms with Gasteiger partial charge in [0.15, 0.2) is 0 Å². The van der Waals surface area contributed by atoms with Gasteiger partial charge in [-0.1, -0.05) is 26.2 Å². The van der Waals surface area contributed by atoms with Gasteiger partial charge in [-0.3, -0.25) is 12.2 Å². The third-order valence-electron chi connectivity index (χ3n) is 7.18. The molecule has 0 bridgehead atoms. The Morgan fingerprint density at radius 2 is 0.909 bits per heavy atom. The van der Waals surface area contributed by atoms with Gasteiger partial charge in [-0.25, -0.2) is 21.5 Å². The summed E-state index contributed by atoms with van der Waals surface area (Å²) >= 11 is 0. The largest absolute Gasteiger partial charge is 4.00 e. The first-order valence-electron chi connectivity index (χ1n) is 12.1. The van der Waals surface area contributed by atoms with Crippen LogP contribution in [0.25, 0.3) is 0 Å². The summed E-state index contributed by atoms with van der Waals surface area (Å²) in [5.74, 6) is 0. The number of hydrogen-bond donors (Lipinski definition) is 0. The second-order valence-electron chi connectivity index (χ2n) is 9.79. The van der Waals surface area contributed by atoms with Crippen LogP contribution >= 0.6 is 0 Å². The smallest absolute Gasteiger partial charge is 0.857 e. The standard InChI is InChI=1S/2C12H20NSi.2CH3O.Hf/c2*1-11-7-6-8-12(11)14(2,3)13-9-4-5-10-13;2*1-2;/h2*7H,4-6,9-10H2,1-3H3;2*1H3;/q4*-1;+4. The average molecular weight is 653 g/mol. The van der Waals surface area contributed by atoms with Gasteiger partial charge >= 0.3 is 25.8 Å². The normalized spacial score (nSPS) is 20.7. The molecule has 0 atom stereocenters. The van der Waals surface area contributed by atoms with E-state index in [9.17, 15) is 0 Å². The van der Waals surface area contributed by atoms with E-state index in [1.54, 1.807) is 10.4 Å². The maximum atomic E-state index is 8.25. The third kappa shape index (κ3) is 8.62. The van der Waals surface area contributed by atoms with Crippen LogP contribution in [0.2, 0.25) is 26.2 Å². The molecule has 4 rings (SSSR count). The van der Waals surface area contributed by atoms with E-state index in [0.29, 0.717) is 0 Å². The summed E-state index contributed by atoms with van der Waals surface area (Å²) in [6.45, 7) is 19.7. The summed E-state index contributed by atoms with van der Waals surface area (Å²) in [6, 6.07) is 0. The van der Waals surface area contributed by atoms with Gasteiger partial charge in [-0.2, -0.15) is 26.4 Å². The van der Waals surface area contributed by atoms with Gasteiger partial charge in [0.05, 0.1) is 0 Å². The van der Waals surface area contributed by atoms with Crippen molar-refractivity contribution in [2.45, 2.75) is 78.6 Å². The van der Waals surface area contributed by atoms with E-state index in [2.05, 4.69) is 73.5 Å². The molecule has 0 amide bonds. The molecule has 2 saturated heterocycles. The third-order valence-corrected chi connectivity index (χ3v) is 14.8. The Morgan fingerprint density at radius 3 is 1.12 bits per heavy atom. The van der Waals surface area contributed by atoms with E-state index in [-0.39, 0.29) is 25.8 Å². The fraction of sp³-hybridized carbons (Fsp3) is 0.692. The van der Waals surface area contributed by atoms with Gasteiger partial charge in [0.1, 0.15) is 16.5 Å². The molecule has 2 fully saturated rings. The predicted molar refractivity (Wildman–Crippen MR) is 139 cm³/mol. The molecule has 33 heavy (non-hydrogen) atoms. The van der Waals surface area contributed by atoms with Gasteiger partial charge in [0, 0.05) is 0 Å². The van der Waals surface area contributed by atoms with E-state index < -0.39 is 16.5 Å². The zero-order chi connectivity index (χ0) is 24.4. The van der Waals surface area contributed by atoms with Gasteiger partial charge < -0.3 is 19.3 Å². The van der Waals surface area contributed by atoms with Crippen LogP contribution in [0.4, 0.5) is 0 Å². The maximum absolute atomic E-state index is 8.25. The van der Waals surface area contributed by atoms with Crippen LogP contribution in [0.1, 0.15) is 52.4 Å². The molecule has 0 aromatic heterocycles. The molecular weight excluding hydrogens is 607 g/mol. The molecular formula is C26H46HfN2O2Si2. The minimum absolute atomic E-state index is 0. The Labute approximate surface area is 225 Å². The predicted octanol–water partition coefficient (Wildman–Crippen LogP) is 3.76. The summed E-state index contributed by atoms with van der Waals surface area (Å²) in [7, 11) is -1.16. The Bertz CT molecular complexity index is 643. The number of nitrogens with zero attached hydrogens (tertiary/aromatic N) is 2. The van der Waals surface area contributed by atoms with Crippen molar-refractivity contribution >= 4 is 16.5 Å². The van der Waals surface area contributed by atoms with Gasteiger partial charge in [-0.05, 0) is 51.9 Å². The van der Waals surface area contributed by atoms with Crippen molar-refractivity contribution in [1.82, 2.24) is 9.13 Å². The van der Waals surface area contributed by atoms with Gasteiger partial charge in [-0.15, -0.1) is 26.7 Å². The zero-order valence-corrected chi connectivity index (χ0v) is 28.0. The van der Waals surface area contributed by atoms with Crippen LogP contribution in [0.15, 0.2) is 33.7 Å². The summed E-state index contributed by atoms with van der Waals surface area (Å²) in [5, 5.41) is 19.6. The van der Waals surface area contributed by atoms with Crippen LogP contribution in [0, 0.1) is 12.2 Å². The first kappa shape index (κ1) is 33.1. The van der Waals surface area contributed by atoms with Crippen LogP contribution in [-0.4, -0.2) is 66.0 Å². The van der Waals surface area contributed by atoms with Crippen molar-refractivity contribution < 1.29 is 36.1 Å². The van der Waals surface area contributed by atoms with Crippen molar-refractivity contribution in [3.63, 3.8) is 0 Å². The molecule has 4 nitrogen and oxygen atoms in total. The molecule has 2 aliphatic heterocycles. The molecule has 0 saturated carbocycles. The van der Waals surface area contributed by atoms with Crippen molar-refractivity contribution in [3.05, 3.63) is 45.8 Å². The van der Waals surface area contributed by atoms with Gasteiger partial charge in [0.2, 0.25) is 0 Å². The van der Waals surface area contributed by atoms with Crippen molar-refractivity contribution in [1.29, 1.82) is 0 Å². The van der Waals surface area contributed by atoms with E-state index in [1.807, 2.05) is 0 Å². The second-order valence-corrected chi connectivity index (χ2v) is 18.3. The Balaban J connectivity index is 0.000000526. The summed E-state index contributed by atoms with van der Waals surface area (Å²) < 4.78 is 5.47. The van der Waals surface area contributed by atoms with E-state index in [1.165, 1.54) is 63.0 Å². The Hall–Kier alpha value is 0.104. The fourth-order valence-corrected chi connectivity index (χ4v) is 12.1. The molecule has 184 valence electrons. The van der Waals surface area contributed by atoms with Crippen LogP contribution in [0.3, 0.4) is 0 Å². The summed E-state index contributed by atoms with van der Waals surface area (Å²) in [4.78, 5) is 0. The first-order chi connectivity index (χ1) is 15.2. The topological polar surface area (TPSA) is 52.6 Å². The number of hydrogen-bond acceptors (Lipinski definition) is 4. The van der Waals surface area contributed by atoms with Crippen LogP contribution < -0.4 is 10.2 Å². The van der Waals surface area contributed by atoms with Crippen LogP contribution in [0.5, 0.6) is 0 Å². The van der Waals surface area contributed by atoms with Crippen molar-refractivity contribution in [3.8, 4) is 0 Å². The summed E-state index contributed by atoms with van der Waals surface area (Å²) in [5.41, 5.74) is 2.99. The fourth-order valence-electron chi connectivity index (χ4n) is 5.36. The zero-order valence-electron chi connectivity index (χ0n) is 22.4. The molecule has 0 spiro atoms. The van der Waals surface area contributed by atoms with Crippen molar-refractivity contribution in [2.24, 2.45) is 0 Å². The quantitative estimate of drug-likeness (QED) is 0.343. The maximum Gasteiger partial charge on any atom is 4.00 e. The van der Waals surface area contributed by atoms with Crippen molar-refractivity contribution in [2.75, 3.05) is 40.4 Å². The van der Waals surface area contributed by atoms with E-state index in [0.717, 1.165) is 27.1 Å². The minimum Gasteiger partial charge on any atom is -0.857 e. The molecule has 0 aromatic carbocycles. The number of rotatable bonds is 4. The molecule has 0 N–H and O–H groups in total. The Morgan fingerprint density at radius 1 is 0.636 bits per heavy atom. The monoisotopic (exact) mass is 654 g/mol. The van der Waals surface area contributed by atoms with Gasteiger partial charge in [0.25, 0.3) is 0 Å². The first-order valence-corrected chi connectivity index (χ1v) is 18.0. The SMILES string of the molecule is CC1=CC[C-]=C1[Si](C)(C)N1CCCC1.CC1=CC[C-]=C1[Si](C)(C)N1CCCC1.C[O-].C[O-].[Hf+4]. The molecule has 7 heteroatoms. The van der Waals surface area contributed by atoms with Crippen LogP contribution in [-0.2, 0) is 25.8 Å². The molecule has 0 unspecified atom stereocenters. The molecule has 0 aromatic rings. The molecule has 2 heterocycles. The molecule has 2 aliphatic carbocycles.